The summed E-state index contributed by atoms with van der Waals surface area (Å²) >= 11 is 0. The SMILES string of the molecule is CCCCN(Cc1cc(C)c(OC)c(C)c1)C1CCCc2nc(-c3ccccc3)n(CCCC)c21. The molecule has 0 fully saturated rings. The van der Waals surface area contributed by atoms with Crippen LogP contribution in [-0.4, -0.2) is 28.1 Å². The molecule has 2 aromatic carbocycles. The Morgan fingerprint density at radius 2 is 1.74 bits per heavy atom. The van der Waals surface area contributed by atoms with E-state index in [0.29, 0.717) is 6.04 Å². The molecule has 1 unspecified atom stereocenters. The molecule has 4 heteroatoms. The smallest absolute Gasteiger partial charge is 0.140 e. The number of rotatable bonds is 11. The van der Waals surface area contributed by atoms with E-state index in [1.807, 2.05) is 0 Å². The summed E-state index contributed by atoms with van der Waals surface area (Å²) in [5, 5.41) is 0. The summed E-state index contributed by atoms with van der Waals surface area (Å²) in [5.74, 6) is 2.17. The zero-order valence-corrected chi connectivity index (χ0v) is 22.4. The quantitative estimate of drug-likeness (QED) is 0.286. The summed E-state index contributed by atoms with van der Waals surface area (Å²) in [6, 6.07) is 15.8. The first-order chi connectivity index (χ1) is 17.1. The van der Waals surface area contributed by atoms with Gasteiger partial charge in [0.15, 0.2) is 0 Å². The minimum atomic E-state index is 0.412. The van der Waals surface area contributed by atoms with Crippen LogP contribution in [0.3, 0.4) is 0 Å². The molecule has 0 amide bonds. The molecule has 3 aromatic rings. The van der Waals surface area contributed by atoms with E-state index in [1.165, 1.54) is 72.2 Å². The molecule has 1 atom stereocenters. The number of fused-ring (bicyclic) bond motifs is 1. The van der Waals surface area contributed by atoms with Crippen LogP contribution in [0.25, 0.3) is 11.4 Å². The van der Waals surface area contributed by atoms with E-state index in [0.717, 1.165) is 37.6 Å². The summed E-state index contributed by atoms with van der Waals surface area (Å²) in [7, 11) is 1.77. The van der Waals surface area contributed by atoms with Gasteiger partial charge in [0.05, 0.1) is 24.5 Å². The Morgan fingerprint density at radius 3 is 2.40 bits per heavy atom. The number of hydrogen-bond acceptors (Lipinski definition) is 3. The fourth-order valence-corrected chi connectivity index (χ4v) is 5.77. The van der Waals surface area contributed by atoms with Gasteiger partial charge in [-0.15, -0.1) is 0 Å². The van der Waals surface area contributed by atoms with Crippen molar-refractivity contribution in [1.29, 1.82) is 0 Å². The lowest BCUT2D eigenvalue weighted by molar-refractivity contribution is 0.159. The molecule has 188 valence electrons. The lowest BCUT2D eigenvalue weighted by Crippen LogP contribution is -2.33. The molecule has 0 saturated heterocycles. The summed E-state index contributed by atoms with van der Waals surface area (Å²) in [6.45, 7) is 12.0. The fourth-order valence-electron chi connectivity index (χ4n) is 5.77. The monoisotopic (exact) mass is 473 g/mol. The van der Waals surface area contributed by atoms with Gasteiger partial charge in [0.1, 0.15) is 11.6 Å². The molecule has 0 spiro atoms. The molecule has 1 aliphatic rings. The van der Waals surface area contributed by atoms with Gasteiger partial charge in [-0.3, -0.25) is 4.90 Å². The van der Waals surface area contributed by atoms with Crippen molar-refractivity contribution in [2.24, 2.45) is 0 Å². The van der Waals surface area contributed by atoms with Crippen LogP contribution in [0.2, 0.25) is 0 Å². The zero-order valence-electron chi connectivity index (χ0n) is 22.4. The summed E-state index contributed by atoms with van der Waals surface area (Å²) in [6.07, 6.45) is 8.30. The number of benzene rings is 2. The molecular formula is C31H43N3O. The first kappa shape index (κ1) is 25.5. The van der Waals surface area contributed by atoms with Gasteiger partial charge >= 0.3 is 0 Å². The summed E-state index contributed by atoms with van der Waals surface area (Å²) < 4.78 is 8.21. The molecule has 1 aliphatic carbocycles. The highest BCUT2D eigenvalue weighted by atomic mass is 16.5. The van der Waals surface area contributed by atoms with Crippen molar-refractivity contribution in [3.63, 3.8) is 0 Å². The number of ether oxygens (including phenoxy) is 1. The van der Waals surface area contributed by atoms with E-state index in [-0.39, 0.29) is 0 Å². The van der Waals surface area contributed by atoms with E-state index in [2.05, 4.69) is 79.6 Å². The van der Waals surface area contributed by atoms with E-state index < -0.39 is 0 Å². The maximum Gasteiger partial charge on any atom is 0.140 e. The van der Waals surface area contributed by atoms with Gasteiger partial charge in [-0.05, 0) is 69.2 Å². The Kier molecular flexibility index (Phi) is 8.67. The third kappa shape index (κ3) is 5.64. The van der Waals surface area contributed by atoms with Crippen LogP contribution in [-0.2, 0) is 19.5 Å². The Morgan fingerprint density at radius 1 is 1.03 bits per heavy atom. The minimum absolute atomic E-state index is 0.412. The standard InChI is InChI=1S/C31H43N3O/c1-6-8-18-33(22-25-20-23(3)30(35-5)24(4)21-25)28-17-13-16-27-29(28)34(19-9-7-2)31(32-27)26-14-11-10-12-15-26/h10-12,14-15,20-21,28H,6-9,13,16-19,22H2,1-5H3. The number of aromatic nitrogens is 2. The van der Waals surface area contributed by atoms with Gasteiger partial charge in [0.25, 0.3) is 0 Å². The van der Waals surface area contributed by atoms with Crippen molar-refractivity contribution in [3.05, 3.63) is 70.5 Å². The molecule has 4 nitrogen and oxygen atoms in total. The number of nitrogens with zero attached hydrogens (tertiary/aromatic N) is 3. The van der Waals surface area contributed by atoms with Gasteiger partial charge in [0, 0.05) is 18.7 Å². The second-order valence-electron chi connectivity index (χ2n) is 10.1. The van der Waals surface area contributed by atoms with E-state index in [9.17, 15) is 0 Å². The maximum absolute atomic E-state index is 5.64. The molecule has 0 N–H and O–H groups in total. The average Bonchev–Trinajstić information content (AvgIpc) is 3.24. The Balaban J connectivity index is 1.74. The Labute approximate surface area is 212 Å². The van der Waals surface area contributed by atoms with Crippen molar-refractivity contribution in [2.45, 2.75) is 91.8 Å². The summed E-state index contributed by atoms with van der Waals surface area (Å²) in [5.41, 5.74) is 7.86. The lowest BCUT2D eigenvalue weighted by Gasteiger charge is -2.36. The van der Waals surface area contributed by atoms with Crippen LogP contribution in [0.15, 0.2) is 42.5 Å². The number of aryl methyl sites for hydroxylation is 3. The lowest BCUT2D eigenvalue weighted by atomic mass is 9.93. The largest absolute Gasteiger partial charge is 0.496 e. The van der Waals surface area contributed by atoms with E-state index in [1.54, 1.807) is 7.11 Å². The van der Waals surface area contributed by atoms with Gasteiger partial charge in [-0.1, -0.05) is 69.2 Å². The topological polar surface area (TPSA) is 30.3 Å². The molecule has 1 aromatic heterocycles. The van der Waals surface area contributed by atoms with Gasteiger partial charge in [-0.25, -0.2) is 4.98 Å². The van der Waals surface area contributed by atoms with Crippen molar-refractivity contribution in [3.8, 4) is 17.1 Å². The maximum atomic E-state index is 5.64. The normalized spacial score (nSPS) is 15.4. The highest BCUT2D eigenvalue weighted by Gasteiger charge is 2.32. The molecule has 0 aliphatic heterocycles. The number of methoxy groups -OCH3 is 1. The van der Waals surface area contributed by atoms with Crippen LogP contribution in [0.1, 0.15) is 86.5 Å². The van der Waals surface area contributed by atoms with Crippen molar-refractivity contribution in [1.82, 2.24) is 14.5 Å². The van der Waals surface area contributed by atoms with Crippen LogP contribution in [0.4, 0.5) is 0 Å². The van der Waals surface area contributed by atoms with E-state index >= 15 is 0 Å². The fraction of sp³-hybridized carbons (Fsp3) is 0.516. The molecule has 35 heavy (non-hydrogen) atoms. The molecule has 0 bridgehead atoms. The van der Waals surface area contributed by atoms with E-state index in [4.69, 9.17) is 9.72 Å². The zero-order chi connectivity index (χ0) is 24.8. The predicted molar refractivity (Wildman–Crippen MR) is 146 cm³/mol. The van der Waals surface area contributed by atoms with Crippen molar-refractivity contribution >= 4 is 0 Å². The molecule has 0 saturated carbocycles. The first-order valence-electron chi connectivity index (χ1n) is 13.6. The second-order valence-corrected chi connectivity index (χ2v) is 10.1. The average molecular weight is 474 g/mol. The van der Waals surface area contributed by atoms with Crippen LogP contribution in [0.5, 0.6) is 5.75 Å². The summed E-state index contributed by atoms with van der Waals surface area (Å²) in [4.78, 5) is 8.00. The van der Waals surface area contributed by atoms with Crippen molar-refractivity contribution < 1.29 is 4.74 Å². The first-order valence-corrected chi connectivity index (χ1v) is 13.6. The minimum Gasteiger partial charge on any atom is -0.496 e. The molecule has 4 rings (SSSR count). The molecule has 0 radical (unpaired) electrons. The molecule has 1 heterocycles. The van der Waals surface area contributed by atoms with Crippen LogP contribution >= 0.6 is 0 Å². The number of unbranched alkanes of at least 4 members (excludes halogenated alkanes) is 2. The highest BCUT2D eigenvalue weighted by molar-refractivity contribution is 5.57. The molecular weight excluding hydrogens is 430 g/mol. The number of hydrogen-bond donors (Lipinski definition) is 0. The second kappa shape index (κ2) is 11.9. The Hall–Kier alpha value is -2.59. The Bertz CT molecular complexity index is 1080. The predicted octanol–water partition coefficient (Wildman–Crippen LogP) is 7.66. The van der Waals surface area contributed by atoms with Gasteiger partial charge < -0.3 is 9.30 Å². The van der Waals surface area contributed by atoms with Gasteiger partial charge in [0.2, 0.25) is 0 Å². The third-order valence-corrected chi connectivity index (χ3v) is 7.41. The van der Waals surface area contributed by atoms with Crippen LogP contribution < -0.4 is 4.74 Å². The third-order valence-electron chi connectivity index (χ3n) is 7.41. The number of imidazole rings is 1. The van der Waals surface area contributed by atoms with Gasteiger partial charge in [-0.2, -0.15) is 0 Å². The highest BCUT2D eigenvalue weighted by Crippen LogP contribution is 2.39. The van der Waals surface area contributed by atoms with Crippen LogP contribution in [0, 0.1) is 13.8 Å². The van der Waals surface area contributed by atoms with Crippen molar-refractivity contribution in [2.75, 3.05) is 13.7 Å².